The average molecular weight is 324 g/mol. The summed E-state index contributed by atoms with van der Waals surface area (Å²) in [7, 11) is 0. The molecule has 1 aromatic heterocycles. The summed E-state index contributed by atoms with van der Waals surface area (Å²) in [6.07, 6.45) is 2.91. The normalized spacial score (nSPS) is 24.2. The first kappa shape index (κ1) is 15.1. The fourth-order valence-corrected chi connectivity index (χ4v) is 3.89. The Morgan fingerprint density at radius 3 is 2.92 bits per heavy atom. The number of carbonyl (C=O) groups excluding carboxylic acids is 2. The Hall–Kier alpha value is -2.47. The second kappa shape index (κ2) is 5.56. The smallest absolute Gasteiger partial charge is 0.234 e. The molecular formula is C18H20N4O2. The van der Waals surface area contributed by atoms with E-state index in [0.29, 0.717) is 26.1 Å². The van der Waals surface area contributed by atoms with Crippen LogP contribution < -0.4 is 5.32 Å². The lowest BCUT2D eigenvalue weighted by atomic mass is 9.85. The Balaban J connectivity index is 1.59. The summed E-state index contributed by atoms with van der Waals surface area (Å²) < 4.78 is 2.16. The highest BCUT2D eigenvalue weighted by molar-refractivity contribution is 6.06. The fourth-order valence-electron chi connectivity index (χ4n) is 3.89. The van der Waals surface area contributed by atoms with Crippen molar-refractivity contribution in [3.05, 3.63) is 42.7 Å². The summed E-state index contributed by atoms with van der Waals surface area (Å²) in [5, 5.41) is 2.45. The highest BCUT2D eigenvalue weighted by Crippen LogP contribution is 2.38. The second-order valence-corrected chi connectivity index (χ2v) is 6.71. The van der Waals surface area contributed by atoms with Crippen LogP contribution in [0.2, 0.25) is 0 Å². The van der Waals surface area contributed by atoms with Gasteiger partial charge in [-0.3, -0.25) is 19.8 Å². The maximum absolute atomic E-state index is 12.1. The third kappa shape index (κ3) is 2.34. The third-order valence-corrected chi connectivity index (χ3v) is 5.08. The predicted molar refractivity (Wildman–Crippen MR) is 90.0 cm³/mol. The topological polar surface area (TPSA) is 67.2 Å². The minimum absolute atomic E-state index is 0.116. The Labute approximate surface area is 140 Å². The molecule has 1 aromatic carbocycles. The van der Waals surface area contributed by atoms with Crippen LogP contribution in [0.15, 0.2) is 36.9 Å². The number of benzene rings is 1. The Morgan fingerprint density at radius 1 is 1.33 bits per heavy atom. The zero-order valence-corrected chi connectivity index (χ0v) is 13.5. The molecule has 2 aliphatic rings. The Bertz CT molecular complexity index is 841. The zero-order valence-electron chi connectivity index (χ0n) is 13.5. The van der Waals surface area contributed by atoms with E-state index in [4.69, 9.17) is 4.98 Å². The summed E-state index contributed by atoms with van der Waals surface area (Å²) in [4.78, 5) is 30.7. The van der Waals surface area contributed by atoms with Crippen LogP contribution in [0.5, 0.6) is 0 Å². The summed E-state index contributed by atoms with van der Waals surface area (Å²) in [5.74, 6) is 0.702. The molecular weight excluding hydrogens is 304 g/mol. The average Bonchev–Trinajstić information content (AvgIpc) is 3.19. The summed E-state index contributed by atoms with van der Waals surface area (Å²) in [6.45, 7) is 6.63. The summed E-state index contributed by atoms with van der Waals surface area (Å²) >= 11 is 0. The van der Waals surface area contributed by atoms with Gasteiger partial charge in [0.15, 0.2) is 0 Å². The van der Waals surface area contributed by atoms with E-state index < -0.39 is 5.41 Å². The number of likely N-dealkylation sites (tertiary alicyclic amines) is 1. The van der Waals surface area contributed by atoms with E-state index in [2.05, 4.69) is 27.4 Å². The van der Waals surface area contributed by atoms with E-state index >= 15 is 0 Å². The molecule has 124 valence electrons. The molecule has 1 N–H and O–H groups in total. The van der Waals surface area contributed by atoms with Crippen LogP contribution in [0.4, 0.5) is 0 Å². The van der Waals surface area contributed by atoms with Gasteiger partial charge in [0.05, 0.1) is 23.0 Å². The first-order valence-electron chi connectivity index (χ1n) is 8.23. The minimum Gasteiger partial charge on any atom is -0.323 e. The largest absolute Gasteiger partial charge is 0.323 e. The van der Waals surface area contributed by atoms with Crippen molar-refractivity contribution in [1.82, 2.24) is 19.8 Å². The lowest BCUT2D eigenvalue weighted by molar-refractivity contribution is -0.128. The number of hydrogen-bond acceptors (Lipinski definition) is 4. The monoisotopic (exact) mass is 324 g/mol. The van der Waals surface area contributed by atoms with Crippen molar-refractivity contribution in [2.45, 2.75) is 25.9 Å². The predicted octanol–water partition coefficient (Wildman–Crippen LogP) is 1.46. The number of amides is 2. The van der Waals surface area contributed by atoms with Crippen LogP contribution in [0, 0.1) is 5.41 Å². The number of aromatic nitrogens is 2. The molecule has 2 amide bonds. The molecule has 2 aromatic rings. The van der Waals surface area contributed by atoms with Crippen molar-refractivity contribution in [3.63, 3.8) is 0 Å². The number of imide groups is 1. The van der Waals surface area contributed by atoms with Crippen molar-refractivity contribution < 1.29 is 9.59 Å². The van der Waals surface area contributed by atoms with Crippen molar-refractivity contribution in [1.29, 1.82) is 0 Å². The molecule has 0 bridgehead atoms. The van der Waals surface area contributed by atoms with E-state index in [-0.39, 0.29) is 11.8 Å². The van der Waals surface area contributed by atoms with E-state index in [0.717, 1.165) is 29.8 Å². The maximum atomic E-state index is 12.1. The molecule has 0 saturated carbocycles. The van der Waals surface area contributed by atoms with Gasteiger partial charge in [-0.2, -0.15) is 0 Å². The van der Waals surface area contributed by atoms with Gasteiger partial charge >= 0.3 is 0 Å². The van der Waals surface area contributed by atoms with Crippen molar-refractivity contribution >= 4 is 22.8 Å². The zero-order chi connectivity index (χ0) is 16.7. The lowest BCUT2D eigenvalue weighted by Crippen LogP contribution is -2.34. The Kier molecular flexibility index (Phi) is 3.49. The van der Waals surface area contributed by atoms with Crippen molar-refractivity contribution in [2.75, 3.05) is 13.1 Å². The number of carbonyl (C=O) groups is 2. The molecule has 0 aliphatic carbocycles. The van der Waals surface area contributed by atoms with Crippen LogP contribution >= 0.6 is 0 Å². The maximum Gasteiger partial charge on any atom is 0.234 e. The van der Waals surface area contributed by atoms with E-state index in [1.165, 1.54) is 0 Å². The van der Waals surface area contributed by atoms with E-state index in [1.54, 1.807) is 0 Å². The van der Waals surface area contributed by atoms with Gasteiger partial charge in [-0.15, -0.1) is 6.58 Å². The number of imidazole rings is 1. The van der Waals surface area contributed by atoms with Crippen LogP contribution in [-0.4, -0.2) is 39.4 Å². The molecule has 24 heavy (non-hydrogen) atoms. The molecule has 1 atom stereocenters. The summed E-state index contributed by atoms with van der Waals surface area (Å²) in [5.41, 5.74) is 1.53. The highest BCUT2D eigenvalue weighted by atomic mass is 16.2. The molecule has 0 unspecified atom stereocenters. The number of allylic oxidation sites excluding steroid dienone is 1. The van der Waals surface area contributed by atoms with E-state index in [1.807, 2.05) is 24.3 Å². The van der Waals surface area contributed by atoms with Gasteiger partial charge in [0, 0.05) is 19.5 Å². The van der Waals surface area contributed by atoms with E-state index in [9.17, 15) is 9.59 Å². The molecule has 2 saturated heterocycles. The quantitative estimate of drug-likeness (QED) is 0.683. The van der Waals surface area contributed by atoms with Gasteiger partial charge in [-0.25, -0.2) is 4.98 Å². The fraction of sp³-hybridized carbons (Fsp3) is 0.389. The number of nitrogens with zero attached hydrogens (tertiary/aromatic N) is 3. The highest BCUT2D eigenvalue weighted by Gasteiger charge is 2.50. The number of fused-ring (bicyclic) bond motifs is 1. The number of rotatable bonds is 4. The molecule has 3 heterocycles. The minimum atomic E-state index is -0.535. The third-order valence-electron chi connectivity index (χ3n) is 5.08. The lowest BCUT2D eigenvalue weighted by Gasteiger charge is -2.20. The SMILES string of the molecule is C=CCn1c(CN2CC[C@]3(CC(=O)NC3=O)C2)nc2ccccc21. The number of hydrogen-bond donors (Lipinski definition) is 1. The van der Waals surface area contributed by atoms with Gasteiger partial charge in [0.2, 0.25) is 11.8 Å². The molecule has 6 heteroatoms. The van der Waals surface area contributed by atoms with Crippen LogP contribution in [0.25, 0.3) is 11.0 Å². The number of para-hydroxylation sites is 2. The van der Waals surface area contributed by atoms with Crippen LogP contribution in [0.1, 0.15) is 18.7 Å². The van der Waals surface area contributed by atoms with Crippen LogP contribution in [-0.2, 0) is 22.7 Å². The standard InChI is InChI=1S/C18H20N4O2/c1-2-8-22-14-6-4-3-5-13(14)19-15(22)11-21-9-7-18(12-21)10-16(23)20-17(18)24/h2-6H,1,7-12H2,(H,20,23,24)/t18-/m0/s1. The van der Waals surface area contributed by atoms with Gasteiger partial charge < -0.3 is 4.57 Å². The van der Waals surface area contributed by atoms with Crippen LogP contribution in [0.3, 0.4) is 0 Å². The van der Waals surface area contributed by atoms with Gasteiger partial charge in [-0.1, -0.05) is 18.2 Å². The first-order chi connectivity index (χ1) is 11.6. The van der Waals surface area contributed by atoms with Gasteiger partial charge in [-0.05, 0) is 25.1 Å². The second-order valence-electron chi connectivity index (χ2n) is 6.71. The molecule has 2 aliphatic heterocycles. The van der Waals surface area contributed by atoms with Crippen molar-refractivity contribution in [3.8, 4) is 0 Å². The first-order valence-corrected chi connectivity index (χ1v) is 8.23. The molecule has 2 fully saturated rings. The van der Waals surface area contributed by atoms with Gasteiger partial charge in [0.1, 0.15) is 5.82 Å². The van der Waals surface area contributed by atoms with Crippen molar-refractivity contribution in [2.24, 2.45) is 5.41 Å². The molecule has 0 radical (unpaired) electrons. The number of nitrogens with one attached hydrogen (secondary N) is 1. The summed E-state index contributed by atoms with van der Waals surface area (Å²) in [6, 6.07) is 8.06. The molecule has 1 spiro atoms. The molecule has 6 nitrogen and oxygen atoms in total. The molecule has 4 rings (SSSR count). The van der Waals surface area contributed by atoms with Gasteiger partial charge in [0.25, 0.3) is 0 Å². The Morgan fingerprint density at radius 2 is 2.17 bits per heavy atom.